The fourth-order valence-corrected chi connectivity index (χ4v) is 6.62. The third-order valence-electron chi connectivity index (χ3n) is 10.4. The Labute approximate surface area is 374 Å². The van der Waals surface area contributed by atoms with Crippen molar-refractivity contribution in [2.75, 3.05) is 13.1 Å². The minimum Gasteiger partial charge on any atom is -0.478 e. The number of carbonyl (C=O) groups excluding carboxylic acids is 8. The van der Waals surface area contributed by atoms with Crippen LogP contribution in [0.2, 0.25) is 0 Å². The molecular formula is C46H66N8O10. The lowest BCUT2D eigenvalue weighted by Crippen LogP contribution is -2.55. The van der Waals surface area contributed by atoms with E-state index in [1.165, 1.54) is 0 Å². The highest BCUT2D eigenvalue weighted by Crippen LogP contribution is 2.13. The van der Waals surface area contributed by atoms with Gasteiger partial charge in [-0.15, -0.1) is 0 Å². The molecule has 0 bridgehead atoms. The zero-order valence-electron chi connectivity index (χ0n) is 36.9. The summed E-state index contributed by atoms with van der Waals surface area (Å²) >= 11 is 0. The van der Waals surface area contributed by atoms with Crippen LogP contribution in [-0.2, 0) is 56.0 Å². The van der Waals surface area contributed by atoms with Crippen LogP contribution in [0.25, 0.3) is 0 Å². The molecule has 0 unspecified atom stereocenters. The van der Waals surface area contributed by atoms with Gasteiger partial charge in [0.15, 0.2) is 0 Å². The molecule has 0 aliphatic heterocycles. The maximum absolute atomic E-state index is 13.2. The Morgan fingerprint density at radius 3 is 1.66 bits per heavy atom. The van der Waals surface area contributed by atoms with Gasteiger partial charge in [-0.3, -0.25) is 38.4 Å². The van der Waals surface area contributed by atoms with Crippen LogP contribution in [0.5, 0.6) is 0 Å². The van der Waals surface area contributed by atoms with Gasteiger partial charge in [0.2, 0.25) is 47.3 Å². The number of aliphatic carboxylic acids is 1. The van der Waals surface area contributed by atoms with Gasteiger partial charge in [-0.25, -0.2) is 4.79 Å². The van der Waals surface area contributed by atoms with E-state index in [9.17, 15) is 43.2 Å². The lowest BCUT2D eigenvalue weighted by atomic mass is 9.97. The molecule has 8 amide bonds. The van der Waals surface area contributed by atoms with Gasteiger partial charge in [-0.05, 0) is 29.9 Å². The Morgan fingerprint density at radius 1 is 0.594 bits per heavy atom. The molecule has 0 aromatic heterocycles. The zero-order chi connectivity index (χ0) is 47.3. The maximum atomic E-state index is 13.2. The van der Waals surface area contributed by atoms with Crippen molar-refractivity contribution in [3.05, 3.63) is 83.9 Å². The maximum Gasteiger partial charge on any atom is 0.328 e. The number of carboxylic acid groups (broad SMARTS) is 1. The smallest absolute Gasteiger partial charge is 0.328 e. The standard InChI is InChI=1S/C46H66N8O10/c1-3-31(2)42(46(64)52-34(43(48)61)27-32-19-13-11-14-20-32)54-38(56)23-17-9-7-5-4-6-8-10-18-26-49-40(58)30-50-44(62)36(29-37(47)55)53-45(63)35(28-33-21-15-12-16-22-33)51-39(57)24-25-41(59)60/h11-16,19-22,24-25,31,34-36,42H,3-10,17-18,23,26-30H2,1-2H3,(H2,47,55)(H2,48,61)(H,49,58)(H,50,62)(H,51,57)(H,52,64)(H,53,63)(H,54,56)(H,59,60)/b25-24+/t31-,34+,35+,36+,42+/m1/s1. The van der Waals surface area contributed by atoms with E-state index >= 15 is 0 Å². The molecule has 2 aromatic rings. The topological polar surface area (TPSA) is 298 Å². The molecule has 0 heterocycles. The van der Waals surface area contributed by atoms with Crippen LogP contribution in [0.1, 0.15) is 102 Å². The quantitative estimate of drug-likeness (QED) is 0.0378. The summed E-state index contributed by atoms with van der Waals surface area (Å²) in [5.74, 6) is -6.72. The third kappa shape index (κ3) is 23.0. The SMILES string of the molecule is CC[C@@H](C)[C@H](NC(=O)CCCCCCCCCCCNC(=O)CNC(=O)[C@H](CC(N)=O)NC(=O)[C@H](Cc1ccccc1)NC(=O)/C=C/C(=O)O)C(=O)N[C@@H](Cc1ccccc1)C(N)=O. The Kier molecular flexibility index (Phi) is 25.5. The van der Waals surface area contributed by atoms with E-state index in [-0.39, 0.29) is 31.1 Å². The van der Waals surface area contributed by atoms with Crippen molar-refractivity contribution >= 4 is 53.2 Å². The van der Waals surface area contributed by atoms with Crippen molar-refractivity contribution in [2.24, 2.45) is 17.4 Å². The lowest BCUT2D eigenvalue weighted by Gasteiger charge is -2.26. The molecule has 0 saturated carbocycles. The molecule has 18 heteroatoms. The van der Waals surface area contributed by atoms with Crippen molar-refractivity contribution in [3.63, 3.8) is 0 Å². The summed E-state index contributed by atoms with van der Waals surface area (Å²) in [5, 5.41) is 24.4. The number of benzene rings is 2. The van der Waals surface area contributed by atoms with Gasteiger partial charge < -0.3 is 48.5 Å². The minimum absolute atomic E-state index is 0.0152. The molecule has 2 aromatic carbocycles. The summed E-state index contributed by atoms with van der Waals surface area (Å²) in [5.41, 5.74) is 12.4. The Balaban J connectivity index is 1.65. The van der Waals surface area contributed by atoms with Crippen molar-refractivity contribution in [3.8, 4) is 0 Å². The summed E-state index contributed by atoms with van der Waals surface area (Å²) in [4.78, 5) is 112. The Hall–Kier alpha value is -6.59. The second kappa shape index (κ2) is 30.5. The van der Waals surface area contributed by atoms with E-state index < -0.39 is 84.5 Å². The third-order valence-corrected chi connectivity index (χ3v) is 10.4. The van der Waals surface area contributed by atoms with Crippen LogP contribution in [-0.4, -0.2) is 95.6 Å². The number of rotatable bonds is 32. The highest BCUT2D eigenvalue weighted by Gasteiger charge is 2.30. The Morgan fingerprint density at radius 2 is 1.12 bits per heavy atom. The van der Waals surface area contributed by atoms with Gasteiger partial charge >= 0.3 is 5.97 Å². The van der Waals surface area contributed by atoms with Crippen LogP contribution in [0.3, 0.4) is 0 Å². The molecule has 0 radical (unpaired) electrons. The molecule has 0 aliphatic carbocycles. The molecule has 11 N–H and O–H groups in total. The van der Waals surface area contributed by atoms with Gasteiger partial charge in [0, 0.05) is 38.0 Å². The predicted molar refractivity (Wildman–Crippen MR) is 239 cm³/mol. The Bertz CT molecular complexity index is 1860. The van der Waals surface area contributed by atoms with Gasteiger partial charge in [0.25, 0.3) is 0 Å². The lowest BCUT2D eigenvalue weighted by molar-refractivity contribution is -0.133. The molecular weight excluding hydrogens is 825 g/mol. The number of primary amides is 2. The number of hydrogen-bond donors (Lipinski definition) is 9. The van der Waals surface area contributed by atoms with E-state index in [1.807, 2.05) is 44.2 Å². The molecule has 350 valence electrons. The minimum atomic E-state index is -1.45. The molecule has 5 atom stereocenters. The average Bonchev–Trinajstić information content (AvgIpc) is 3.26. The van der Waals surface area contributed by atoms with Gasteiger partial charge in [-0.1, -0.05) is 126 Å². The first kappa shape index (κ1) is 53.5. The molecule has 0 aliphatic rings. The highest BCUT2D eigenvalue weighted by atomic mass is 16.4. The predicted octanol–water partition coefficient (Wildman–Crippen LogP) is 1.59. The van der Waals surface area contributed by atoms with Crippen LogP contribution in [0, 0.1) is 5.92 Å². The summed E-state index contributed by atoms with van der Waals surface area (Å²) in [6, 6.07) is 13.5. The molecule has 0 spiro atoms. The molecule has 2 rings (SSSR count). The summed E-state index contributed by atoms with van der Waals surface area (Å²) in [6.07, 6.45) is 10.1. The van der Waals surface area contributed by atoms with Crippen LogP contribution in [0.15, 0.2) is 72.8 Å². The first-order valence-electron chi connectivity index (χ1n) is 21.9. The van der Waals surface area contributed by atoms with Gasteiger partial charge in [-0.2, -0.15) is 0 Å². The fraction of sp³-hybridized carbons (Fsp3) is 0.500. The van der Waals surface area contributed by atoms with Crippen LogP contribution >= 0.6 is 0 Å². The zero-order valence-corrected chi connectivity index (χ0v) is 36.9. The fourth-order valence-electron chi connectivity index (χ4n) is 6.62. The van der Waals surface area contributed by atoms with Crippen molar-refractivity contribution in [1.82, 2.24) is 31.9 Å². The number of nitrogens with one attached hydrogen (secondary N) is 6. The number of hydrogen-bond acceptors (Lipinski definition) is 9. The van der Waals surface area contributed by atoms with Gasteiger partial charge in [0.1, 0.15) is 24.2 Å². The first-order chi connectivity index (χ1) is 30.6. The van der Waals surface area contributed by atoms with E-state index in [1.54, 1.807) is 30.3 Å². The van der Waals surface area contributed by atoms with E-state index in [4.69, 9.17) is 16.6 Å². The van der Waals surface area contributed by atoms with E-state index in [0.717, 1.165) is 63.0 Å². The molecule has 64 heavy (non-hydrogen) atoms. The molecule has 0 fully saturated rings. The van der Waals surface area contributed by atoms with Crippen molar-refractivity contribution < 1.29 is 48.3 Å². The largest absolute Gasteiger partial charge is 0.478 e. The monoisotopic (exact) mass is 890 g/mol. The number of carbonyl (C=O) groups is 9. The number of carboxylic acids is 1. The first-order valence-corrected chi connectivity index (χ1v) is 21.9. The number of nitrogens with two attached hydrogens (primary N) is 2. The van der Waals surface area contributed by atoms with E-state index in [2.05, 4.69) is 31.9 Å². The second-order valence-corrected chi connectivity index (χ2v) is 15.7. The summed E-state index contributed by atoms with van der Waals surface area (Å²) in [7, 11) is 0. The normalized spacial score (nSPS) is 13.3. The molecule has 0 saturated heterocycles. The highest BCUT2D eigenvalue weighted by molar-refractivity contribution is 5.98. The van der Waals surface area contributed by atoms with E-state index in [0.29, 0.717) is 31.0 Å². The number of unbranched alkanes of at least 4 members (excludes halogenated alkanes) is 8. The molecule has 18 nitrogen and oxygen atoms in total. The second-order valence-electron chi connectivity index (χ2n) is 15.7. The van der Waals surface area contributed by atoms with Gasteiger partial charge in [0.05, 0.1) is 13.0 Å². The van der Waals surface area contributed by atoms with Crippen molar-refractivity contribution in [2.45, 2.75) is 128 Å². The van der Waals surface area contributed by atoms with Crippen LogP contribution < -0.4 is 43.4 Å². The number of amides is 8. The summed E-state index contributed by atoms with van der Waals surface area (Å²) < 4.78 is 0. The average molecular weight is 891 g/mol. The van der Waals surface area contributed by atoms with Crippen LogP contribution in [0.4, 0.5) is 0 Å². The van der Waals surface area contributed by atoms with Crippen molar-refractivity contribution in [1.29, 1.82) is 0 Å². The summed E-state index contributed by atoms with van der Waals surface area (Å²) in [6.45, 7) is 3.77.